The van der Waals surface area contributed by atoms with Gasteiger partial charge in [0.05, 0.1) is 0 Å². The largest absolute Gasteiger partial charge is 0.399 e. The fraction of sp³-hybridized carbons (Fsp3) is 0.278. The lowest BCUT2D eigenvalue weighted by Gasteiger charge is -2.33. The number of fused-ring (bicyclic) bond motifs is 1. The van der Waals surface area contributed by atoms with Crippen LogP contribution in [0.1, 0.15) is 5.56 Å². The number of piperazine rings is 1. The lowest BCUT2D eigenvalue weighted by Crippen LogP contribution is -2.48. The van der Waals surface area contributed by atoms with Crippen LogP contribution in [0.3, 0.4) is 0 Å². The molecular formula is C18H21N5O2S. The molecule has 3 heterocycles. The summed E-state index contributed by atoms with van der Waals surface area (Å²) in [5.41, 5.74) is 8.31. The fourth-order valence-corrected chi connectivity index (χ4v) is 4.93. The van der Waals surface area contributed by atoms with E-state index in [4.69, 9.17) is 5.73 Å². The van der Waals surface area contributed by atoms with Gasteiger partial charge in [-0.15, -0.1) is 0 Å². The maximum atomic E-state index is 13.0. The molecule has 4 rings (SSSR count). The van der Waals surface area contributed by atoms with Gasteiger partial charge in [-0.1, -0.05) is 12.1 Å². The molecule has 0 spiro atoms. The maximum absolute atomic E-state index is 13.0. The number of hydrogen-bond acceptors (Lipinski definition) is 5. The Balaban J connectivity index is 1.47. The molecule has 1 aliphatic heterocycles. The summed E-state index contributed by atoms with van der Waals surface area (Å²) >= 11 is 0. The third kappa shape index (κ3) is 3.18. The minimum Gasteiger partial charge on any atom is -0.399 e. The van der Waals surface area contributed by atoms with E-state index in [1.807, 2.05) is 24.3 Å². The highest BCUT2D eigenvalue weighted by molar-refractivity contribution is 7.89. The van der Waals surface area contributed by atoms with E-state index in [0.29, 0.717) is 42.1 Å². The first-order chi connectivity index (χ1) is 12.5. The molecule has 0 radical (unpaired) electrons. The summed E-state index contributed by atoms with van der Waals surface area (Å²) in [4.78, 5) is 9.65. The number of aromatic nitrogens is 2. The van der Waals surface area contributed by atoms with E-state index in [1.54, 1.807) is 22.6 Å². The summed E-state index contributed by atoms with van der Waals surface area (Å²) in [6, 6.07) is 11.3. The van der Waals surface area contributed by atoms with Crippen molar-refractivity contribution in [3.63, 3.8) is 0 Å². The molecule has 1 saturated heterocycles. The van der Waals surface area contributed by atoms with Crippen molar-refractivity contribution in [1.82, 2.24) is 19.2 Å². The summed E-state index contributed by atoms with van der Waals surface area (Å²) < 4.78 is 27.6. The van der Waals surface area contributed by atoms with Crippen molar-refractivity contribution in [3.05, 3.63) is 54.4 Å². The van der Waals surface area contributed by atoms with Crippen LogP contribution in [0.5, 0.6) is 0 Å². The molecule has 3 N–H and O–H groups in total. The number of rotatable bonds is 4. The summed E-state index contributed by atoms with van der Waals surface area (Å²) in [6.45, 7) is 3.09. The molecule has 136 valence electrons. The Morgan fingerprint density at radius 3 is 2.69 bits per heavy atom. The average Bonchev–Trinajstić information content (AvgIpc) is 3.07. The zero-order valence-electron chi connectivity index (χ0n) is 14.3. The summed E-state index contributed by atoms with van der Waals surface area (Å²) in [5, 5.41) is 0.634. The number of anilines is 1. The smallest absolute Gasteiger partial charge is 0.245 e. The Morgan fingerprint density at radius 1 is 1.12 bits per heavy atom. The molecule has 8 heteroatoms. The average molecular weight is 371 g/mol. The van der Waals surface area contributed by atoms with E-state index in [2.05, 4.69) is 14.9 Å². The molecule has 0 aliphatic carbocycles. The van der Waals surface area contributed by atoms with Gasteiger partial charge in [-0.25, -0.2) is 13.4 Å². The van der Waals surface area contributed by atoms with Crippen LogP contribution in [0.4, 0.5) is 5.69 Å². The van der Waals surface area contributed by atoms with Crippen LogP contribution in [-0.4, -0.2) is 53.8 Å². The summed E-state index contributed by atoms with van der Waals surface area (Å²) in [7, 11) is -3.53. The SMILES string of the molecule is Nc1cccc(CN2CCN(S(=O)(=O)c3c[nH]c4ncccc34)CC2)c1. The standard InChI is InChI=1S/C18H21N5O2S/c19-15-4-1-3-14(11-15)13-22-7-9-23(10-8-22)26(24,25)17-12-21-18-16(17)5-2-6-20-18/h1-6,11-12H,7-10,13,19H2,(H,20,21). The second-order valence-electron chi connectivity index (χ2n) is 6.48. The van der Waals surface area contributed by atoms with Gasteiger partial charge in [0.25, 0.3) is 0 Å². The van der Waals surface area contributed by atoms with Crippen molar-refractivity contribution < 1.29 is 8.42 Å². The summed E-state index contributed by atoms with van der Waals surface area (Å²) in [6.07, 6.45) is 3.18. The van der Waals surface area contributed by atoms with Crippen LogP contribution in [0.25, 0.3) is 11.0 Å². The van der Waals surface area contributed by atoms with Crippen molar-refractivity contribution in [2.75, 3.05) is 31.9 Å². The van der Waals surface area contributed by atoms with E-state index >= 15 is 0 Å². The van der Waals surface area contributed by atoms with Crippen molar-refractivity contribution in [2.45, 2.75) is 11.4 Å². The molecule has 1 aromatic carbocycles. The number of hydrogen-bond donors (Lipinski definition) is 2. The predicted molar refractivity (Wildman–Crippen MR) is 101 cm³/mol. The zero-order chi connectivity index (χ0) is 18.1. The molecule has 26 heavy (non-hydrogen) atoms. The molecule has 7 nitrogen and oxygen atoms in total. The van der Waals surface area contributed by atoms with E-state index in [0.717, 1.165) is 17.8 Å². The molecule has 0 bridgehead atoms. The number of benzene rings is 1. The summed E-state index contributed by atoms with van der Waals surface area (Å²) in [5.74, 6) is 0. The molecule has 0 amide bonds. The van der Waals surface area contributed by atoms with E-state index in [-0.39, 0.29) is 0 Å². The molecule has 2 aromatic heterocycles. The van der Waals surface area contributed by atoms with Gasteiger partial charge in [0.1, 0.15) is 10.5 Å². The van der Waals surface area contributed by atoms with Gasteiger partial charge in [0, 0.05) is 56.2 Å². The first-order valence-electron chi connectivity index (χ1n) is 8.53. The Labute approximate surface area is 152 Å². The number of nitrogens with zero attached hydrogens (tertiary/aromatic N) is 3. The third-order valence-electron chi connectivity index (χ3n) is 4.72. The zero-order valence-corrected chi connectivity index (χ0v) is 15.1. The highest BCUT2D eigenvalue weighted by atomic mass is 32.2. The maximum Gasteiger partial charge on any atom is 0.245 e. The van der Waals surface area contributed by atoms with Crippen LogP contribution in [0.15, 0.2) is 53.7 Å². The quantitative estimate of drug-likeness (QED) is 0.680. The second kappa shape index (κ2) is 6.71. The normalized spacial score (nSPS) is 16.9. The highest BCUT2D eigenvalue weighted by Gasteiger charge is 2.30. The Kier molecular flexibility index (Phi) is 4.39. The minimum absolute atomic E-state index is 0.296. The number of aromatic amines is 1. The number of nitrogen functional groups attached to an aromatic ring is 1. The number of pyridine rings is 1. The Bertz CT molecular complexity index is 1020. The molecular weight excluding hydrogens is 350 g/mol. The lowest BCUT2D eigenvalue weighted by atomic mass is 10.2. The monoisotopic (exact) mass is 371 g/mol. The van der Waals surface area contributed by atoms with Crippen molar-refractivity contribution in [2.24, 2.45) is 0 Å². The Hall–Kier alpha value is -2.42. The van der Waals surface area contributed by atoms with Crippen molar-refractivity contribution >= 4 is 26.7 Å². The predicted octanol–water partition coefficient (Wildman–Crippen LogP) is 1.65. The molecule has 1 fully saturated rings. The number of nitrogens with two attached hydrogens (primary N) is 1. The van der Waals surface area contributed by atoms with Gasteiger partial charge in [-0.3, -0.25) is 4.90 Å². The first kappa shape index (κ1) is 17.0. The molecule has 1 aliphatic rings. The van der Waals surface area contributed by atoms with Gasteiger partial charge in [-0.05, 0) is 29.8 Å². The second-order valence-corrected chi connectivity index (χ2v) is 8.38. The minimum atomic E-state index is -3.53. The molecule has 0 saturated carbocycles. The van der Waals surface area contributed by atoms with Crippen LogP contribution in [0.2, 0.25) is 0 Å². The van der Waals surface area contributed by atoms with E-state index < -0.39 is 10.0 Å². The van der Waals surface area contributed by atoms with Gasteiger partial charge in [0.15, 0.2) is 0 Å². The van der Waals surface area contributed by atoms with Crippen LogP contribution < -0.4 is 5.73 Å². The van der Waals surface area contributed by atoms with Crippen molar-refractivity contribution in [3.8, 4) is 0 Å². The van der Waals surface area contributed by atoms with Gasteiger partial charge >= 0.3 is 0 Å². The Morgan fingerprint density at radius 2 is 1.92 bits per heavy atom. The topological polar surface area (TPSA) is 95.3 Å². The van der Waals surface area contributed by atoms with Crippen LogP contribution in [-0.2, 0) is 16.6 Å². The van der Waals surface area contributed by atoms with Gasteiger partial charge in [0.2, 0.25) is 10.0 Å². The lowest BCUT2D eigenvalue weighted by molar-refractivity contribution is 0.181. The van der Waals surface area contributed by atoms with E-state index in [9.17, 15) is 8.42 Å². The molecule has 0 unspecified atom stereocenters. The fourth-order valence-electron chi connectivity index (χ4n) is 3.36. The highest BCUT2D eigenvalue weighted by Crippen LogP contribution is 2.25. The van der Waals surface area contributed by atoms with Crippen LogP contribution >= 0.6 is 0 Å². The van der Waals surface area contributed by atoms with Crippen molar-refractivity contribution in [1.29, 1.82) is 0 Å². The number of sulfonamides is 1. The molecule has 0 atom stereocenters. The van der Waals surface area contributed by atoms with Gasteiger partial charge < -0.3 is 10.7 Å². The number of nitrogens with one attached hydrogen (secondary N) is 1. The molecule has 3 aromatic rings. The van der Waals surface area contributed by atoms with E-state index in [1.165, 1.54) is 6.20 Å². The van der Waals surface area contributed by atoms with Gasteiger partial charge in [-0.2, -0.15) is 4.31 Å². The first-order valence-corrected chi connectivity index (χ1v) is 9.97. The third-order valence-corrected chi connectivity index (χ3v) is 6.66. The number of H-pyrrole nitrogens is 1. The van der Waals surface area contributed by atoms with Crippen LogP contribution in [0, 0.1) is 0 Å².